The molecule has 0 unspecified atom stereocenters. The van der Waals surface area contributed by atoms with Crippen molar-refractivity contribution in [1.29, 1.82) is 5.39 Å². The maximum atomic E-state index is 10.7. The molecule has 0 aromatic heterocycles. The molecule has 0 N–H and O–H groups in total. The van der Waals surface area contributed by atoms with E-state index in [2.05, 4.69) is 4.98 Å². The van der Waals surface area contributed by atoms with E-state index in [4.69, 9.17) is 5.39 Å². The molecule has 0 radical (unpaired) electrons. The molecule has 0 amide bonds. The van der Waals surface area contributed by atoms with Gasteiger partial charge in [0.15, 0.2) is 4.98 Å². The summed E-state index contributed by atoms with van der Waals surface area (Å²) in [6.07, 6.45) is 0. The third-order valence-corrected chi connectivity index (χ3v) is 1.26. The van der Waals surface area contributed by atoms with Crippen molar-refractivity contribution in [3.8, 4) is 5.75 Å². The van der Waals surface area contributed by atoms with Crippen molar-refractivity contribution in [2.24, 2.45) is 0 Å². The standard InChI is InChI=1S/C6H3N3O3/c7-8-5-3-4(9(11)12)1-2-6(5)10/h1-3H. The molecular formula is C6H3N3O3. The smallest absolute Gasteiger partial charge is 0.384 e. The molecule has 6 nitrogen and oxygen atoms in total. The molecule has 1 rings (SSSR count). The minimum Gasteiger partial charge on any atom is -0.867 e. The fourth-order valence-corrected chi connectivity index (χ4v) is 0.697. The summed E-state index contributed by atoms with van der Waals surface area (Å²) in [5.41, 5.74) is -0.605. The predicted molar refractivity (Wildman–Crippen MR) is 37.3 cm³/mol. The number of nitro benzene ring substituents is 1. The summed E-state index contributed by atoms with van der Waals surface area (Å²) in [4.78, 5) is 12.1. The Morgan fingerprint density at radius 2 is 2.17 bits per heavy atom. The normalized spacial score (nSPS) is 8.92. The lowest BCUT2D eigenvalue weighted by molar-refractivity contribution is -0.385. The first-order chi connectivity index (χ1) is 5.65. The SMILES string of the molecule is N#[N+]c1cc([N+](=O)[O-])ccc1[O-]. The predicted octanol–water partition coefficient (Wildman–Crippen LogP) is 1.15. The fraction of sp³-hybridized carbons (Fsp3) is 0. The second kappa shape index (κ2) is 2.84. The highest BCUT2D eigenvalue weighted by Gasteiger charge is 2.13. The third-order valence-electron chi connectivity index (χ3n) is 1.26. The first-order valence-corrected chi connectivity index (χ1v) is 2.95. The number of benzene rings is 1. The Kier molecular flexibility index (Phi) is 1.88. The Morgan fingerprint density at radius 3 is 2.67 bits per heavy atom. The largest absolute Gasteiger partial charge is 0.867 e. The average Bonchev–Trinajstić information content (AvgIpc) is 2.05. The molecule has 1 aromatic carbocycles. The van der Waals surface area contributed by atoms with Gasteiger partial charge in [-0.25, -0.2) is 0 Å². The third kappa shape index (κ3) is 1.29. The van der Waals surface area contributed by atoms with Crippen molar-refractivity contribution in [1.82, 2.24) is 0 Å². The Morgan fingerprint density at radius 1 is 1.50 bits per heavy atom. The van der Waals surface area contributed by atoms with Gasteiger partial charge in [0.05, 0.1) is 4.92 Å². The summed E-state index contributed by atoms with van der Waals surface area (Å²) in [6, 6.07) is 2.94. The molecule has 0 bridgehead atoms. The molecule has 0 saturated carbocycles. The summed E-state index contributed by atoms with van der Waals surface area (Å²) < 4.78 is 0. The van der Waals surface area contributed by atoms with E-state index in [0.29, 0.717) is 0 Å². The second-order valence-corrected chi connectivity index (χ2v) is 2.01. The van der Waals surface area contributed by atoms with Gasteiger partial charge in [-0.3, -0.25) is 10.1 Å². The Bertz CT molecular complexity index is 369. The van der Waals surface area contributed by atoms with Gasteiger partial charge in [0.25, 0.3) is 5.69 Å². The van der Waals surface area contributed by atoms with E-state index in [0.717, 1.165) is 18.2 Å². The molecule has 0 atom stereocenters. The second-order valence-electron chi connectivity index (χ2n) is 2.01. The van der Waals surface area contributed by atoms with Crippen LogP contribution in [-0.4, -0.2) is 4.92 Å². The lowest BCUT2D eigenvalue weighted by Gasteiger charge is -1.97. The lowest BCUT2D eigenvalue weighted by atomic mass is 10.2. The molecule has 0 spiro atoms. The van der Waals surface area contributed by atoms with Crippen molar-refractivity contribution < 1.29 is 10.0 Å². The number of rotatable bonds is 1. The minimum absolute atomic E-state index is 0.276. The number of nitrogens with zero attached hydrogens (tertiary/aromatic N) is 3. The van der Waals surface area contributed by atoms with Crippen LogP contribution in [0.4, 0.5) is 11.4 Å². The van der Waals surface area contributed by atoms with E-state index in [-0.39, 0.29) is 11.4 Å². The number of non-ortho nitro benzene ring substituents is 1. The van der Waals surface area contributed by atoms with E-state index in [9.17, 15) is 15.2 Å². The van der Waals surface area contributed by atoms with Crippen LogP contribution in [0.3, 0.4) is 0 Å². The molecule has 0 saturated heterocycles. The summed E-state index contributed by atoms with van der Waals surface area (Å²) in [5, 5.41) is 29.1. The Hall–Kier alpha value is -2.16. The van der Waals surface area contributed by atoms with E-state index >= 15 is 0 Å². The van der Waals surface area contributed by atoms with E-state index in [1.165, 1.54) is 0 Å². The van der Waals surface area contributed by atoms with Crippen LogP contribution in [0.2, 0.25) is 0 Å². The molecule has 0 aliphatic carbocycles. The zero-order valence-corrected chi connectivity index (χ0v) is 5.80. The topological polar surface area (TPSA) is 94.3 Å². The van der Waals surface area contributed by atoms with Crippen LogP contribution in [0.15, 0.2) is 18.2 Å². The minimum atomic E-state index is -0.673. The van der Waals surface area contributed by atoms with Gasteiger partial charge in [0, 0.05) is 6.07 Å². The molecule has 6 heteroatoms. The van der Waals surface area contributed by atoms with Crippen molar-refractivity contribution in [2.45, 2.75) is 0 Å². The molecule has 0 aliphatic rings. The lowest BCUT2D eigenvalue weighted by Crippen LogP contribution is -1.91. The number of nitro groups is 1. The van der Waals surface area contributed by atoms with Crippen molar-refractivity contribution in [2.75, 3.05) is 0 Å². The van der Waals surface area contributed by atoms with Gasteiger partial charge < -0.3 is 5.11 Å². The van der Waals surface area contributed by atoms with Gasteiger partial charge in [-0.15, -0.1) is 0 Å². The van der Waals surface area contributed by atoms with Crippen LogP contribution in [0.1, 0.15) is 0 Å². The van der Waals surface area contributed by atoms with E-state index in [1.54, 1.807) is 0 Å². The van der Waals surface area contributed by atoms with Gasteiger partial charge >= 0.3 is 5.69 Å². The summed E-state index contributed by atoms with van der Waals surface area (Å²) in [6.45, 7) is 0. The van der Waals surface area contributed by atoms with Crippen LogP contribution >= 0.6 is 0 Å². The van der Waals surface area contributed by atoms with Crippen LogP contribution in [0, 0.1) is 15.5 Å². The molecule has 0 aliphatic heterocycles. The van der Waals surface area contributed by atoms with Gasteiger partial charge in [-0.1, -0.05) is 6.07 Å². The zero-order chi connectivity index (χ0) is 9.14. The number of hydrogen-bond donors (Lipinski definition) is 0. The highest BCUT2D eigenvalue weighted by Crippen LogP contribution is 2.27. The monoisotopic (exact) mass is 165 g/mol. The first-order valence-electron chi connectivity index (χ1n) is 2.95. The maximum Gasteiger partial charge on any atom is 0.384 e. The zero-order valence-electron chi connectivity index (χ0n) is 5.80. The van der Waals surface area contributed by atoms with Crippen LogP contribution in [0.5, 0.6) is 5.75 Å². The number of diazo groups is 1. The van der Waals surface area contributed by atoms with Crippen LogP contribution < -0.4 is 5.11 Å². The van der Waals surface area contributed by atoms with E-state index in [1.807, 2.05) is 0 Å². The van der Waals surface area contributed by atoms with Gasteiger partial charge in [-0.05, 0) is 5.75 Å². The summed E-state index contributed by atoms with van der Waals surface area (Å²) in [7, 11) is 0. The molecule has 60 valence electrons. The molecule has 1 aromatic rings. The molecule has 12 heavy (non-hydrogen) atoms. The first kappa shape index (κ1) is 7.94. The Labute approximate surface area is 66.8 Å². The van der Waals surface area contributed by atoms with Gasteiger partial charge in [-0.2, -0.15) is 0 Å². The van der Waals surface area contributed by atoms with Gasteiger partial charge in [0.1, 0.15) is 6.07 Å². The highest BCUT2D eigenvalue weighted by atomic mass is 16.6. The highest BCUT2D eigenvalue weighted by molar-refractivity contribution is 5.60. The molecule has 0 heterocycles. The molecule has 0 fully saturated rings. The summed E-state index contributed by atoms with van der Waals surface area (Å²) in [5.74, 6) is -0.553. The van der Waals surface area contributed by atoms with Gasteiger partial charge in [0.2, 0.25) is 5.39 Å². The van der Waals surface area contributed by atoms with Crippen LogP contribution in [-0.2, 0) is 0 Å². The van der Waals surface area contributed by atoms with Crippen molar-refractivity contribution >= 4 is 11.4 Å². The maximum absolute atomic E-state index is 10.7. The van der Waals surface area contributed by atoms with Crippen molar-refractivity contribution in [3.63, 3.8) is 0 Å². The Balaban J connectivity index is 3.25. The summed E-state index contributed by atoms with van der Waals surface area (Å²) >= 11 is 0. The van der Waals surface area contributed by atoms with E-state index < -0.39 is 10.7 Å². The van der Waals surface area contributed by atoms with Crippen molar-refractivity contribution in [3.05, 3.63) is 33.3 Å². The average molecular weight is 165 g/mol. The fourth-order valence-electron chi connectivity index (χ4n) is 0.697. The number of hydrogen-bond acceptors (Lipinski definition) is 4. The van der Waals surface area contributed by atoms with Crippen LogP contribution in [0.25, 0.3) is 4.98 Å². The molecular weight excluding hydrogens is 162 g/mol. The quantitative estimate of drug-likeness (QED) is 0.354.